The molecule has 164 valence electrons. The Morgan fingerprint density at radius 2 is 1.41 bits per heavy atom. The van der Waals surface area contributed by atoms with Gasteiger partial charge in [0.05, 0.1) is 26.3 Å². The zero-order valence-electron chi connectivity index (χ0n) is 17.4. The van der Waals surface area contributed by atoms with Gasteiger partial charge in [0.25, 0.3) is 0 Å². The normalized spacial score (nSPS) is 10.9. The van der Waals surface area contributed by atoms with E-state index in [-0.39, 0.29) is 40.9 Å². The van der Waals surface area contributed by atoms with Crippen molar-refractivity contribution in [3.63, 3.8) is 0 Å². The average molecular weight is 435 g/mol. The molecule has 0 aliphatic carbocycles. The number of carbonyl (C=O) groups excluding carboxylic acids is 1. The first kappa shape index (κ1) is 20.9. The molecule has 0 saturated carbocycles. The number of hydrogen-bond acceptors (Lipinski definition) is 7. The van der Waals surface area contributed by atoms with Crippen LogP contribution in [0.25, 0.3) is 22.0 Å². The van der Waals surface area contributed by atoms with E-state index in [1.807, 2.05) is 0 Å². The molecule has 0 unspecified atom stereocenters. The molecule has 1 heterocycles. The molecule has 8 nitrogen and oxygen atoms in total. The summed E-state index contributed by atoms with van der Waals surface area (Å²) in [5.41, 5.74) is 1.92. The molecule has 0 saturated heterocycles. The number of ether oxygens (including phenoxy) is 2. The SMILES string of the molecule is COc1cc(OC)c2c(-c3cc(O)cc(O)c3)cn(CC(=O)c3cc(O)cc(O)c3)c2c1. The second kappa shape index (κ2) is 8.07. The molecule has 0 spiro atoms. The van der Waals surface area contributed by atoms with Gasteiger partial charge < -0.3 is 34.5 Å². The van der Waals surface area contributed by atoms with Crippen LogP contribution in [0.5, 0.6) is 34.5 Å². The van der Waals surface area contributed by atoms with Crippen molar-refractivity contribution in [2.45, 2.75) is 6.54 Å². The molecule has 8 heteroatoms. The number of aromatic hydroxyl groups is 4. The van der Waals surface area contributed by atoms with E-state index < -0.39 is 0 Å². The van der Waals surface area contributed by atoms with Gasteiger partial charge in [-0.1, -0.05) is 0 Å². The fraction of sp³-hybridized carbons (Fsp3) is 0.125. The Hall–Kier alpha value is -4.33. The van der Waals surface area contributed by atoms with E-state index in [1.54, 1.807) is 22.9 Å². The minimum Gasteiger partial charge on any atom is -0.508 e. The summed E-state index contributed by atoms with van der Waals surface area (Å²) in [6.45, 7) is -0.111. The second-order valence-electron chi connectivity index (χ2n) is 7.29. The maximum atomic E-state index is 12.9. The van der Waals surface area contributed by atoms with Crippen LogP contribution >= 0.6 is 0 Å². The van der Waals surface area contributed by atoms with Gasteiger partial charge in [-0.2, -0.15) is 0 Å². The Bertz CT molecular complexity index is 1300. The molecule has 0 atom stereocenters. The highest BCUT2D eigenvalue weighted by molar-refractivity contribution is 6.03. The van der Waals surface area contributed by atoms with Crippen LogP contribution < -0.4 is 9.47 Å². The summed E-state index contributed by atoms with van der Waals surface area (Å²) in [6.07, 6.45) is 1.71. The van der Waals surface area contributed by atoms with E-state index >= 15 is 0 Å². The summed E-state index contributed by atoms with van der Waals surface area (Å²) in [6, 6.07) is 11.4. The van der Waals surface area contributed by atoms with Crippen molar-refractivity contribution in [3.05, 3.63) is 60.3 Å². The van der Waals surface area contributed by atoms with Crippen molar-refractivity contribution >= 4 is 16.7 Å². The first-order valence-electron chi connectivity index (χ1n) is 9.63. The fourth-order valence-corrected chi connectivity index (χ4v) is 3.74. The number of ketones is 1. The smallest absolute Gasteiger partial charge is 0.182 e. The van der Waals surface area contributed by atoms with Gasteiger partial charge in [-0.15, -0.1) is 0 Å². The number of fused-ring (bicyclic) bond motifs is 1. The number of nitrogens with zero attached hydrogens (tertiary/aromatic N) is 1. The summed E-state index contributed by atoms with van der Waals surface area (Å²) in [5.74, 6) is -0.00522. The standard InChI is InChI=1S/C24H21NO7/c1-31-19-9-21-24(23(10-19)32-2)20(13-3-15(26)7-16(27)4-13)11-25(21)12-22(30)14-5-17(28)8-18(29)6-14/h3-11,26-29H,12H2,1-2H3. The summed E-state index contributed by atoms with van der Waals surface area (Å²) < 4.78 is 12.6. The van der Waals surface area contributed by atoms with Crippen molar-refractivity contribution < 1.29 is 34.7 Å². The molecule has 0 bridgehead atoms. The lowest BCUT2D eigenvalue weighted by atomic mass is 10.0. The Morgan fingerprint density at radius 1 is 0.812 bits per heavy atom. The van der Waals surface area contributed by atoms with Crippen molar-refractivity contribution in [3.8, 4) is 45.6 Å². The topological polar surface area (TPSA) is 121 Å². The maximum Gasteiger partial charge on any atom is 0.182 e. The third kappa shape index (κ3) is 3.85. The van der Waals surface area contributed by atoms with E-state index in [9.17, 15) is 25.2 Å². The van der Waals surface area contributed by atoms with Crippen molar-refractivity contribution in [2.75, 3.05) is 14.2 Å². The number of benzene rings is 3. The van der Waals surface area contributed by atoms with Gasteiger partial charge in [0.2, 0.25) is 0 Å². The van der Waals surface area contributed by atoms with Gasteiger partial charge in [-0.3, -0.25) is 4.79 Å². The minimum atomic E-state index is -0.347. The van der Waals surface area contributed by atoms with Crippen LogP contribution in [0.15, 0.2) is 54.7 Å². The first-order valence-corrected chi connectivity index (χ1v) is 9.63. The van der Waals surface area contributed by atoms with E-state index in [2.05, 4.69) is 0 Å². The molecular formula is C24H21NO7. The van der Waals surface area contributed by atoms with E-state index in [4.69, 9.17) is 9.47 Å². The predicted molar refractivity (Wildman–Crippen MR) is 118 cm³/mol. The fourth-order valence-electron chi connectivity index (χ4n) is 3.74. The molecule has 0 radical (unpaired) electrons. The molecule has 3 aromatic carbocycles. The summed E-state index contributed by atoms with van der Waals surface area (Å²) >= 11 is 0. The average Bonchev–Trinajstić information content (AvgIpc) is 3.10. The van der Waals surface area contributed by atoms with Crippen molar-refractivity contribution in [1.82, 2.24) is 4.57 Å². The van der Waals surface area contributed by atoms with Gasteiger partial charge in [-0.05, 0) is 29.8 Å². The van der Waals surface area contributed by atoms with Crippen molar-refractivity contribution in [2.24, 2.45) is 0 Å². The number of carbonyl (C=O) groups is 1. The first-order chi connectivity index (χ1) is 15.3. The van der Waals surface area contributed by atoms with Crippen LogP contribution in [0.4, 0.5) is 0 Å². The molecule has 0 amide bonds. The number of methoxy groups -OCH3 is 2. The third-order valence-electron chi connectivity index (χ3n) is 5.13. The highest BCUT2D eigenvalue weighted by Gasteiger charge is 2.20. The quantitative estimate of drug-likeness (QED) is 0.337. The molecule has 0 aliphatic heterocycles. The number of rotatable bonds is 6. The number of aromatic nitrogens is 1. The third-order valence-corrected chi connectivity index (χ3v) is 5.13. The highest BCUT2D eigenvalue weighted by atomic mass is 16.5. The largest absolute Gasteiger partial charge is 0.508 e. The van der Waals surface area contributed by atoms with Crippen molar-refractivity contribution in [1.29, 1.82) is 0 Å². The Balaban J connectivity index is 1.91. The van der Waals surface area contributed by atoms with Crippen LogP contribution in [-0.4, -0.2) is 45.0 Å². The Kier molecular flexibility index (Phi) is 5.28. The molecule has 32 heavy (non-hydrogen) atoms. The molecular weight excluding hydrogens is 414 g/mol. The van der Waals surface area contributed by atoms with Gasteiger partial charge in [0.15, 0.2) is 5.78 Å². The zero-order chi connectivity index (χ0) is 23.0. The number of hydrogen-bond donors (Lipinski definition) is 4. The second-order valence-corrected chi connectivity index (χ2v) is 7.29. The van der Waals surface area contributed by atoms with Gasteiger partial charge in [-0.25, -0.2) is 0 Å². The van der Waals surface area contributed by atoms with Crippen LogP contribution in [0, 0.1) is 0 Å². The molecule has 0 fully saturated rings. The monoisotopic (exact) mass is 435 g/mol. The van der Waals surface area contributed by atoms with Crippen LogP contribution in [-0.2, 0) is 6.54 Å². The van der Waals surface area contributed by atoms with Crippen LogP contribution in [0.1, 0.15) is 10.4 Å². The lowest BCUT2D eigenvalue weighted by molar-refractivity contribution is 0.0972. The minimum absolute atomic E-state index is 0.111. The maximum absolute atomic E-state index is 12.9. The Morgan fingerprint density at radius 3 is 1.97 bits per heavy atom. The van der Waals surface area contributed by atoms with Gasteiger partial charge in [0.1, 0.15) is 34.5 Å². The number of phenolic OH excluding ortho intramolecular Hbond substituents is 4. The lowest BCUT2D eigenvalue weighted by Gasteiger charge is -2.10. The van der Waals surface area contributed by atoms with E-state index in [1.165, 1.54) is 44.6 Å². The summed E-state index contributed by atoms with van der Waals surface area (Å²) in [5, 5.41) is 40.0. The number of phenols is 4. The highest BCUT2D eigenvalue weighted by Crippen LogP contribution is 2.41. The van der Waals surface area contributed by atoms with Crippen LogP contribution in [0.3, 0.4) is 0 Å². The molecule has 4 N–H and O–H groups in total. The molecule has 4 aromatic rings. The van der Waals surface area contributed by atoms with E-state index in [0.717, 1.165) is 6.07 Å². The number of Topliss-reactive ketones (excluding diaryl/α,β-unsaturated/α-hetero) is 1. The summed E-state index contributed by atoms with van der Waals surface area (Å²) in [7, 11) is 3.03. The van der Waals surface area contributed by atoms with Gasteiger partial charge in [0, 0.05) is 47.0 Å². The summed E-state index contributed by atoms with van der Waals surface area (Å²) in [4.78, 5) is 12.9. The molecule has 0 aliphatic rings. The molecule has 1 aromatic heterocycles. The van der Waals surface area contributed by atoms with E-state index in [0.29, 0.717) is 33.5 Å². The lowest BCUT2D eigenvalue weighted by Crippen LogP contribution is -2.09. The van der Waals surface area contributed by atoms with Gasteiger partial charge >= 0.3 is 0 Å². The molecule has 4 rings (SSSR count). The predicted octanol–water partition coefficient (Wildman–Crippen LogP) is 4.03. The zero-order valence-corrected chi connectivity index (χ0v) is 17.4. The van der Waals surface area contributed by atoms with Crippen LogP contribution in [0.2, 0.25) is 0 Å². The Labute approximate surface area is 183 Å².